The molecule has 1 rings (SSSR count). The first-order valence-corrected chi connectivity index (χ1v) is 7.68. The fraction of sp³-hybridized carbons (Fsp3) is 0.500. The van der Waals surface area contributed by atoms with Crippen LogP contribution in [0.4, 0.5) is 18.9 Å². The molecule has 0 aliphatic heterocycles. The van der Waals surface area contributed by atoms with E-state index < -0.39 is 23.7 Å². The summed E-state index contributed by atoms with van der Waals surface area (Å²) in [4.78, 5) is 24.1. The molecule has 1 atom stereocenters. The number of methoxy groups -OCH3 is 1. The summed E-state index contributed by atoms with van der Waals surface area (Å²) in [6, 6.07) is 5.73. The molecule has 25 heavy (non-hydrogen) atoms. The molecule has 6 nitrogen and oxygen atoms in total. The lowest BCUT2D eigenvalue weighted by atomic mass is 10.1. The van der Waals surface area contributed by atoms with Gasteiger partial charge in [0, 0.05) is 6.42 Å². The molecule has 0 aliphatic carbocycles. The highest BCUT2D eigenvalue weighted by Crippen LogP contribution is 2.36. The van der Waals surface area contributed by atoms with E-state index in [-0.39, 0.29) is 24.5 Å². The second-order valence-corrected chi connectivity index (χ2v) is 5.09. The van der Waals surface area contributed by atoms with Crippen LogP contribution in [-0.2, 0) is 14.3 Å². The lowest BCUT2D eigenvalue weighted by Crippen LogP contribution is -2.69. The molecular formula is C16H21F3N2O4. The van der Waals surface area contributed by atoms with Crippen LogP contribution in [0.1, 0.15) is 26.7 Å². The van der Waals surface area contributed by atoms with Gasteiger partial charge in [0.1, 0.15) is 5.75 Å². The third-order valence-corrected chi connectivity index (χ3v) is 3.24. The van der Waals surface area contributed by atoms with Crippen LogP contribution in [0.2, 0.25) is 0 Å². The molecule has 0 aliphatic rings. The normalized spacial score (nSPS) is 13.5. The predicted octanol–water partition coefficient (Wildman–Crippen LogP) is 2.85. The van der Waals surface area contributed by atoms with Crippen LogP contribution < -0.4 is 15.4 Å². The lowest BCUT2D eigenvalue weighted by molar-refractivity contribution is -0.207. The summed E-state index contributed by atoms with van der Waals surface area (Å²) in [5.74, 6) is -2.52. The standard InChI is InChI=1S/C16H21F3N2O4/c1-4-8-13(22)21-15(16(17,18)19,14(23)25-5-2)20-11-9-6-7-10-12(11)24-3/h6-7,9-10,20H,4-5,8H2,1-3H3,(H,21,22). The van der Waals surface area contributed by atoms with Gasteiger partial charge < -0.3 is 20.1 Å². The number of hydrogen-bond acceptors (Lipinski definition) is 5. The van der Waals surface area contributed by atoms with Crippen molar-refractivity contribution in [2.75, 3.05) is 19.0 Å². The fourth-order valence-electron chi connectivity index (χ4n) is 2.08. The Hall–Kier alpha value is -2.45. The van der Waals surface area contributed by atoms with E-state index in [1.807, 2.05) is 0 Å². The molecule has 0 heterocycles. The maximum absolute atomic E-state index is 13.9. The number of alkyl halides is 3. The van der Waals surface area contributed by atoms with Crippen LogP contribution in [0.25, 0.3) is 0 Å². The van der Waals surface area contributed by atoms with Crippen LogP contribution in [0, 0.1) is 0 Å². The van der Waals surface area contributed by atoms with Gasteiger partial charge in [0.15, 0.2) is 0 Å². The van der Waals surface area contributed by atoms with Gasteiger partial charge in [-0.3, -0.25) is 4.79 Å². The minimum absolute atomic E-state index is 0.0742. The molecule has 0 saturated carbocycles. The summed E-state index contributed by atoms with van der Waals surface area (Å²) in [5, 5.41) is 3.82. The SMILES string of the molecule is CCCC(=O)NC(Nc1ccccc1OC)(C(=O)OCC)C(F)(F)F. The fourth-order valence-corrected chi connectivity index (χ4v) is 2.08. The molecule has 0 saturated heterocycles. The quantitative estimate of drug-likeness (QED) is 0.549. The Balaban J connectivity index is 3.41. The van der Waals surface area contributed by atoms with Gasteiger partial charge in [-0.1, -0.05) is 19.1 Å². The minimum atomic E-state index is -5.16. The van der Waals surface area contributed by atoms with Gasteiger partial charge >= 0.3 is 17.8 Å². The Bertz CT molecular complexity index is 607. The molecule has 9 heteroatoms. The van der Waals surface area contributed by atoms with E-state index in [0.29, 0.717) is 6.42 Å². The molecule has 1 unspecified atom stereocenters. The van der Waals surface area contributed by atoms with Crippen LogP contribution in [0.15, 0.2) is 24.3 Å². The zero-order valence-electron chi connectivity index (χ0n) is 14.2. The zero-order chi connectivity index (χ0) is 19.1. The Morgan fingerprint density at radius 2 is 1.80 bits per heavy atom. The number of hydrogen-bond donors (Lipinski definition) is 2. The Kier molecular flexibility index (Phi) is 7.08. The molecule has 0 spiro atoms. The summed E-state index contributed by atoms with van der Waals surface area (Å²) in [5.41, 5.74) is -3.55. The predicted molar refractivity (Wildman–Crippen MR) is 85.1 cm³/mol. The summed E-state index contributed by atoms with van der Waals surface area (Å²) >= 11 is 0. The highest BCUT2D eigenvalue weighted by atomic mass is 19.4. The van der Waals surface area contributed by atoms with Crippen molar-refractivity contribution in [3.63, 3.8) is 0 Å². The van der Waals surface area contributed by atoms with Crippen LogP contribution in [-0.4, -0.2) is 37.4 Å². The number of anilines is 1. The highest BCUT2D eigenvalue weighted by Gasteiger charge is 2.63. The van der Waals surface area contributed by atoms with E-state index in [1.165, 1.54) is 32.2 Å². The molecule has 0 aromatic heterocycles. The number of esters is 1. The Morgan fingerprint density at radius 3 is 2.32 bits per heavy atom. The van der Waals surface area contributed by atoms with Gasteiger partial charge in [0.05, 0.1) is 19.4 Å². The first-order chi connectivity index (χ1) is 11.7. The van der Waals surface area contributed by atoms with Gasteiger partial charge in [-0.25, -0.2) is 4.79 Å². The van der Waals surface area contributed by atoms with Crippen molar-refractivity contribution in [1.29, 1.82) is 0 Å². The lowest BCUT2D eigenvalue weighted by Gasteiger charge is -2.35. The maximum atomic E-state index is 13.9. The second kappa shape index (κ2) is 8.59. The van der Waals surface area contributed by atoms with Crippen molar-refractivity contribution in [2.45, 2.75) is 38.5 Å². The van der Waals surface area contributed by atoms with Crippen LogP contribution >= 0.6 is 0 Å². The maximum Gasteiger partial charge on any atom is 0.441 e. The second-order valence-electron chi connectivity index (χ2n) is 5.09. The van der Waals surface area contributed by atoms with Gasteiger partial charge in [-0.15, -0.1) is 0 Å². The zero-order valence-corrected chi connectivity index (χ0v) is 14.2. The van der Waals surface area contributed by atoms with Crippen molar-refractivity contribution in [1.82, 2.24) is 5.32 Å². The number of rotatable bonds is 8. The van der Waals surface area contributed by atoms with Gasteiger partial charge in [0.2, 0.25) is 5.91 Å². The first kappa shape index (κ1) is 20.6. The van der Waals surface area contributed by atoms with E-state index in [2.05, 4.69) is 10.1 Å². The number of halogens is 3. The number of carbonyl (C=O) groups is 2. The molecule has 2 N–H and O–H groups in total. The molecule has 1 aromatic rings. The van der Waals surface area contributed by atoms with E-state index in [0.717, 1.165) is 0 Å². The average Bonchev–Trinajstić information content (AvgIpc) is 2.54. The van der Waals surface area contributed by atoms with Crippen LogP contribution in [0.5, 0.6) is 5.75 Å². The van der Waals surface area contributed by atoms with E-state index in [4.69, 9.17) is 4.74 Å². The molecule has 1 aromatic carbocycles. The van der Waals surface area contributed by atoms with Crippen molar-refractivity contribution in [2.24, 2.45) is 0 Å². The Labute approximate surface area is 143 Å². The minimum Gasteiger partial charge on any atom is -0.495 e. The molecular weight excluding hydrogens is 341 g/mol. The van der Waals surface area contributed by atoms with Gasteiger partial charge in [0.25, 0.3) is 0 Å². The van der Waals surface area contributed by atoms with Gasteiger partial charge in [-0.2, -0.15) is 13.2 Å². The smallest absolute Gasteiger partial charge is 0.441 e. The molecule has 0 fully saturated rings. The highest BCUT2D eigenvalue weighted by molar-refractivity contribution is 5.91. The van der Waals surface area contributed by atoms with Crippen molar-refractivity contribution in [3.8, 4) is 5.75 Å². The van der Waals surface area contributed by atoms with E-state index >= 15 is 0 Å². The number of amides is 1. The third-order valence-electron chi connectivity index (χ3n) is 3.24. The number of nitrogens with one attached hydrogen (secondary N) is 2. The largest absolute Gasteiger partial charge is 0.495 e. The molecule has 0 radical (unpaired) electrons. The number of carbonyl (C=O) groups excluding carboxylic acids is 2. The average molecular weight is 362 g/mol. The topological polar surface area (TPSA) is 76.7 Å². The van der Waals surface area contributed by atoms with E-state index in [9.17, 15) is 22.8 Å². The molecule has 1 amide bonds. The summed E-state index contributed by atoms with van der Waals surface area (Å²) in [7, 11) is 1.27. The van der Waals surface area contributed by atoms with Crippen molar-refractivity contribution in [3.05, 3.63) is 24.3 Å². The monoisotopic (exact) mass is 362 g/mol. The third kappa shape index (κ3) is 4.77. The van der Waals surface area contributed by atoms with Crippen LogP contribution in [0.3, 0.4) is 0 Å². The van der Waals surface area contributed by atoms with Crippen molar-refractivity contribution >= 4 is 17.6 Å². The number of ether oxygens (including phenoxy) is 2. The summed E-state index contributed by atoms with van der Waals surface area (Å²) in [6.07, 6.45) is -5.02. The Morgan fingerprint density at radius 1 is 1.16 bits per heavy atom. The van der Waals surface area contributed by atoms with Crippen molar-refractivity contribution < 1.29 is 32.2 Å². The molecule has 0 bridgehead atoms. The van der Waals surface area contributed by atoms with E-state index in [1.54, 1.807) is 18.3 Å². The summed E-state index contributed by atoms with van der Waals surface area (Å²) in [6.45, 7) is 2.72. The summed E-state index contributed by atoms with van der Waals surface area (Å²) < 4.78 is 51.1. The molecule has 140 valence electrons. The number of para-hydroxylation sites is 2. The number of benzene rings is 1. The first-order valence-electron chi connectivity index (χ1n) is 7.68. The van der Waals surface area contributed by atoms with Gasteiger partial charge in [-0.05, 0) is 25.5 Å².